The first-order valence-electron chi connectivity index (χ1n) is 5.75. The lowest BCUT2D eigenvalue weighted by Crippen LogP contribution is -2.09. The van der Waals surface area contributed by atoms with Crippen molar-refractivity contribution >= 4 is 11.6 Å². The molecule has 0 aliphatic heterocycles. The van der Waals surface area contributed by atoms with Crippen molar-refractivity contribution in [1.82, 2.24) is 4.98 Å². The van der Waals surface area contributed by atoms with Crippen LogP contribution >= 0.6 is 11.6 Å². The second-order valence-electron chi connectivity index (χ2n) is 4.07. The average molecular weight is 263 g/mol. The molecule has 94 valence electrons. The van der Waals surface area contributed by atoms with Crippen LogP contribution in [0.5, 0.6) is 5.88 Å². The van der Waals surface area contributed by atoms with Crippen molar-refractivity contribution < 1.29 is 4.74 Å². The summed E-state index contributed by atoms with van der Waals surface area (Å²) in [5.74, 6) is 0.562. The molecule has 0 radical (unpaired) electrons. The number of aromatic nitrogens is 1. The Morgan fingerprint density at radius 3 is 2.78 bits per heavy atom. The number of pyridine rings is 1. The van der Waals surface area contributed by atoms with Crippen LogP contribution in [0, 0.1) is 0 Å². The zero-order valence-corrected chi connectivity index (χ0v) is 10.9. The Morgan fingerprint density at radius 1 is 1.28 bits per heavy atom. The van der Waals surface area contributed by atoms with Gasteiger partial charge in [-0.05, 0) is 19.1 Å². The fraction of sp³-hybridized carbons (Fsp3) is 0.214. The molecule has 0 bridgehead atoms. The summed E-state index contributed by atoms with van der Waals surface area (Å²) < 4.78 is 5.69. The summed E-state index contributed by atoms with van der Waals surface area (Å²) in [4.78, 5) is 4.20. The summed E-state index contributed by atoms with van der Waals surface area (Å²) >= 11 is 6.07. The van der Waals surface area contributed by atoms with Gasteiger partial charge in [0.15, 0.2) is 0 Å². The molecule has 18 heavy (non-hydrogen) atoms. The Morgan fingerprint density at radius 2 is 2.06 bits per heavy atom. The minimum Gasteiger partial charge on any atom is -0.472 e. The summed E-state index contributed by atoms with van der Waals surface area (Å²) in [7, 11) is 0. The van der Waals surface area contributed by atoms with Gasteiger partial charge in [-0.3, -0.25) is 0 Å². The second-order valence-corrected chi connectivity index (χ2v) is 4.47. The highest BCUT2D eigenvalue weighted by molar-refractivity contribution is 6.31. The number of hydrogen-bond acceptors (Lipinski definition) is 3. The Hall–Kier alpha value is -1.58. The van der Waals surface area contributed by atoms with Crippen molar-refractivity contribution in [2.75, 3.05) is 0 Å². The van der Waals surface area contributed by atoms with Crippen molar-refractivity contribution in [2.24, 2.45) is 5.73 Å². The number of halogens is 1. The normalized spacial score (nSPS) is 12.2. The van der Waals surface area contributed by atoms with E-state index in [-0.39, 0.29) is 6.04 Å². The van der Waals surface area contributed by atoms with E-state index in [9.17, 15) is 0 Å². The van der Waals surface area contributed by atoms with Crippen LogP contribution in [0.1, 0.15) is 24.1 Å². The summed E-state index contributed by atoms with van der Waals surface area (Å²) in [6.07, 6.45) is 1.69. The van der Waals surface area contributed by atoms with Crippen LogP contribution in [0.15, 0.2) is 42.6 Å². The minimum absolute atomic E-state index is 0.111. The molecule has 0 amide bonds. The van der Waals surface area contributed by atoms with E-state index < -0.39 is 0 Å². The van der Waals surface area contributed by atoms with Crippen LogP contribution in [0.4, 0.5) is 0 Å². The van der Waals surface area contributed by atoms with Crippen molar-refractivity contribution in [1.29, 1.82) is 0 Å². The van der Waals surface area contributed by atoms with Gasteiger partial charge in [-0.1, -0.05) is 35.9 Å². The fourth-order valence-electron chi connectivity index (χ4n) is 1.63. The quantitative estimate of drug-likeness (QED) is 0.919. The Balaban J connectivity index is 2.14. The summed E-state index contributed by atoms with van der Waals surface area (Å²) in [6, 6.07) is 11.2. The van der Waals surface area contributed by atoms with Gasteiger partial charge in [0.25, 0.3) is 0 Å². The first-order chi connectivity index (χ1) is 8.68. The molecule has 2 rings (SSSR count). The maximum Gasteiger partial charge on any atom is 0.218 e. The molecular weight excluding hydrogens is 248 g/mol. The third-order valence-electron chi connectivity index (χ3n) is 2.61. The van der Waals surface area contributed by atoms with Gasteiger partial charge >= 0.3 is 0 Å². The zero-order valence-electron chi connectivity index (χ0n) is 10.1. The molecule has 1 aromatic heterocycles. The Kier molecular flexibility index (Phi) is 4.18. The molecule has 3 nitrogen and oxygen atoms in total. The number of benzene rings is 1. The SMILES string of the molecule is CC(N)c1cccnc1OCc1ccccc1Cl. The van der Waals surface area contributed by atoms with Crippen molar-refractivity contribution in [3.63, 3.8) is 0 Å². The molecule has 0 saturated heterocycles. The molecule has 2 N–H and O–H groups in total. The molecule has 0 saturated carbocycles. The fourth-order valence-corrected chi connectivity index (χ4v) is 1.82. The van der Waals surface area contributed by atoms with E-state index >= 15 is 0 Å². The van der Waals surface area contributed by atoms with E-state index in [2.05, 4.69) is 4.98 Å². The lowest BCUT2D eigenvalue weighted by Gasteiger charge is -2.12. The van der Waals surface area contributed by atoms with Crippen LogP contribution in [0.2, 0.25) is 5.02 Å². The molecule has 1 atom stereocenters. The topological polar surface area (TPSA) is 48.1 Å². The number of nitrogens with zero attached hydrogens (tertiary/aromatic N) is 1. The van der Waals surface area contributed by atoms with Gasteiger partial charge in [0.1, 0.15) is 6.61 Å². The number of hydrogen-bond donors (Lipinski definition) is 1. The largest absolute Gasteiger partial charge is 0.472 e. The van der Waals surface area contributed by atoms with E-state index in [1.165, 1.54) is 0 Å². The lowest BCUT2D eigenvalue weighted by molar-refractivity contribution is 0.289. The van der Waals surface area contributed by atoms with Gasteiger partial charge < -0.3 is 10.5 Å². The van der Waals surface area contributed by atoms with Gasteiger partial charge in [-0.15, -0.1) is 0 Å². The molecule has 1 aromatic carbocycles. The summed E-state index contributed by atoms with van der Waals surface area (Å²) in [5, 5.41) is 0.691. The van der Waals surface area contributed by atoms with E-state index in [0.717, 1.165) is 11.1 Å². The monoisotopic (exact) mass is 262 g/mol. The first-order valence-corrected chi connectivity index (χ1v) is 6.13. The van der Waals surface area contributed by atoms with Crippen LogP contribution in [-0.4, -0.2) is 4.98 Å². The molecule has 1 unspecified atom stereocenters. The molecule has 0 aliphatic carbocycles. The van der Waals surface area contributed by atoms with E-state index in [0.29, 0.717) is 17.5 Å². The molecular formula is C14H15ClN2O. The average Bonchev–Trinajstić information content (AvgIpc) is 2.38. The van der Waals surface area contributed by atoms with Crippen LogP contribution in [0.25, 0.3) is 0 Å². The van der Waals surface area contributed by atoms with Crippen molar-refractivity contribution in [3.8, 4) is 5.88 Å². The van der Waals surface area contributed by atoms with Gasteiger partial charge in [0, 0.05) is 28.4 Å². The van der Waals surface area contributed by atoms with Crippen molar-refractivity contribution in [3.05, 3.63) is 58.7 Å². The van der Waals surface area contributed by atoms with E-state index in [1.807, 2.05) is 43.3 Å². The highest BCUT2D eigenvalue weighted by Crippen LogP contribution is 2.23. The highest BCUT2D eigenvalue weighted by atomic mass is 35.5. The predicted octanol–water partition coefficient (Wildman–Crippen LogP) is 3.33. The second kappa shape index (κ2) is 5.85. The first kappa shape index (κ1) is 12.9. The Labute approximate surface area is 112 Å². The van der Waals surface area contributed by atoms with Crippen LogP contribution in [0.3, 0.4) is 0 Å². The zero-order chi connectivity index (χ0) is 13.0. The van der Waals surface area contributed by atoms with Crippen LogP contribution < -0.4 is 10.5 Å². The minimum atomic E-state index is -0.111. The lowest BCUT2D eigenvalue weighted by atomic mass is 10.1. The van der Waals surface area contributed by atoms with Gasteiger partial charge in [-0.25, -0.2) is 4.98 Å². The van der Waals surface area contributed by atoms with Gasteiger partial charge in [0.05, 0.1) is 0 Å². The molecule has 0 spiro atoms. The van der Waals surface area contributed by atoms with Crippen LogP contribution in [-0.2, 0) is 6.61 Å². The predicted molar refractivity (Wildman–Crippen MR) is 72.6 cm³/mol. The maximum absolute atomic E-state index is 6.07. The molecule has 4 heteroatoms. The molecule has 0 aliphatic rings. The Bertz CT molecular complexity index is 529. The van der Waals surface area contributed by atoms with E-state index in [4.69, 9.17) is 22.1 Å². The summed E-state index contributed by atoms with van der Waals surface area (Å²) in [5.41, 5.74) is 7.69. The third kappa shape index (κ3) is 3.00. The maximum atomic E-state index is 6.07. The number of rotatable bonds is 4. The molecule has 0 fully saturated rings. The molecule has 1 heterocycles. The third-order valence-corrected chi connectivity index (χ3v) is 2.98. The van der Waals surface area contributed by atoms with Gasteiger partial charge in [-0.2, -0.15) is 0 Å². The van der Waals surface area contributed by atoms with E-state index in [1.54, 1.807) is 6.20 Å². The highest BCUT2D eigenvalue weighted by Gasteiger charge is 2.09. The number of ether oxygens (including phenoxy) is 1. The smallest absolute Gasteiger partial charge is 0.218 e. The summed E-state index contributed by atoms with van der Waals surface area (Å²) in [6.45, 7) is 2.29. The van der Waals surface area contributed by atoms with Gasteiger partial charge in [0.2, 0.25) is 5.88 Å². The number of nitrogens with two attached hydrogens (primary N) is 1. The standard InChI is InChI=1S/C14H15ClN2O/c1-10(16)12-6-4-8-17-14(12)18-9-11-5-2-3-7-13(11)15/h2-8,10H,9,16H2,1H3. The molecule has 2 aromatic rings. The van der Waals surface area contributed by atoms with Crippen molar-refractivity contribution in [2.45, 2.75) is 19.6 Å².